The minimum Gasteiger partial charge on any atom is -0.462 e. The summed E-state index contributed by atoms with van der Waals surface area (Å²) in [4.78, 5) is 43.5. The monoisotopic (exact) mass is 517 g/mol. The molecule has 1 aromatic heterocycles. The highest BCUT2D eigenvalue weighted by molar-refractivity contribution is 5.98. The van der Waals surface area contributed by atoms with Gasteiger partial charge in [-0.3, -0.25) is 14.6 Å². The average Bonchev–Trinajstić information content (AvgIpc) is 2.94. The number of likely N-dealkylation sites (tertiary alicyclic amines) is 1. The van der Waals surface area contributed by atoms with Gasteiger partial charge in [0.2, 0.25) is 5.91 Å². The maximum atomic E-state index is 14.9. The van der Waals surface area contributed by atoms with Gasteiger partial charge in [0.15, 0.2) is 0 Å². The van der Waals surface area contributed by atoms with E-state index in [4.69, 9.17) is 4.74 Å². The molecule has 1 fully saturated rings. The first-order valence-corrected chi connectivity index (χ1v) is 12.9. The summed E-state index contributed by atoms with van der Waals surface area (Å²) < 4.78 is 19.8. The second-order valence-electron chi connectivity index (χ2n) is 9.49. The van der Waals surface area contributed by atoms with E-state index in [1.165, 1.54) is 18.2 Å². The van der Waals surface area contributed by atoms with E-state index in [2.05, 4.69) is 10.3 Å². The lowest BCUT2D eigenvalue weighted by Crippen LogP contribution is -2.38. The zero-order valence-electron chi connectivity index (χ0n) is 21.7. The molecule has 4 rings (SSSR count). The number of carbonyl (C=O) groups is 3. The first-order valence-electron chi connectivity index (χ1n) is 12.9. The Hall–Kier alpha value is -4.07. The molecule has 1 aliphatic rings. The number of pyridine rings is 1. The molecule has 38 heavy (non-hydrogen) atoms. The summed E-state index contributed by atoms with van der Waals surface area (Å²) in [7, 11) is 0. The van der Waals surface area contributed by atoms with Crippen LogP contribution in [0.25, 0.3) is 0 Å². The van der Waals surface area contributed by atoms with Crippen LogP contribution in [-0.4, -0.2) is 47.4 Å². The van der Waals surface area contributed by atoms with E-state index in [1.54, 1.807) is 18.0 Å². The lowest BCUT2D eigenvalue weighted by molar-refractivity contribution is -0.119. The molecular weight excluding hydrogens is 485 g/mol. The number of ether oxygens (including phenoxy) is 1. The van der Waals surface area contributed by atoms with Gasteiger partial charge < -0.3 is 15.0 Å². The number of hydrogen-bond acceptors (Lipinski definition) is 5. The molecule has 1 saturated heterocycles. The predicted octanol–water partition coefficient (Wildman–Crippen LogP) is 5.23. The van der Waals surface area contributed by atoms with Crippen molar-refractivity contribution in [2.75, 3.05) is 25.0 Å². The number of hydrogen-bond donors (Lipinski definition) is 1. The fourth-order valence-corrected chi connectivity index (χ4v) is 4.68. The van der Waals surface area contributed by atoms with Gasteiger partial charge in [-0.2, -0.15) is 0 Å². The maximum Gasteiger partial charge on any atom is 0.341 e. The highest BCUT2D eigenvalue weighted by Crippen LogP contribution is 2.30. The number of halogens is 1. The van der Waals surface area contributed by atoms with Crippen molar-refractivity contribution in [2.24, 2.45) is 5.92 Å². The van der Waals surface area contributed by atoms with E-state index in [9.17, 15) is 18.8 Å². The normalized spacial score (nSPS) is 14.6. The van der Waals surface area contributed by atoms with Crippen LogP contribution in [0.5, 0.6) is 0 Å². The largest absolute Gasteiger partial charge is 0.462 e. The Morgan fingerprint density at radius 2 is 1.74 bits per heavy atom. The second-order valence-corrected chi connectivity index (χ2v) is 9.49. The first kappa shape index (κ1) is 27.0. The van der Waals surface area contributed by atoms with Crippen molar-refractivity contribution in [1.82, 2.24) is 9.88 Å². The molecule has 7 nitrogen and oxygen atoms in total. The van der Waals surface area contributed by atoms with E-state index in [-0.39, 0.29) is 35.5 Å². The zero-order chi connectivity index (χ0) is 27.1. The van der Waals surface area contributed by atoms with Crippen molar-refractivity contribution < 1.29 is 23.5 Å². The van der Waals surface area contributed by atoms with Crippen LogP contribution >= 0.6 is 0 Å². The molecule has 8 heteroatoms. The van der Waals surface area contributed by atoms with E-state index in [1.807, 2.05) is 49.4 Å². The third-order valence-corrected chi connectivity index (χ3v) is 6.85. The summed E-state index contributed by atoms with van der Waals surface area (Å²) in [6, 6.07) is 17.7. The number of rotatable bonds is 8. The van der Waals surface area contributed by atoms with Crippen LogP contribution in [0.1, 0.15) is 64.6 Å². The Bertz CT molecular complexity index is 1270. The smallest absolute Gasteiger partial charge is 0.341 e. The number of esters is 1. The minimum absolute atomic E-state index is 0.0607. The number of aromatic nitrogens is 1. The van der Waals surface area contributed by atoms with Crippen LogP contribution in [0.3, 0.4) is 0 Å². The Kier molecular flexibility index (Phi) is 8.84. The van der Waals surface area contributed by atoms with Crippen LogP contribution in [0.4, 0.5) is 10.1 Å². The van der Waals surface area contributed by atoms with Crippen LogP contribution in [0.15, 0.2) is 66.9 Å². The predicted molar refractivity (Wildman–Crippen MR) is 142 cm³/mol. The molecule has 2 amide bonds. The highest BCUT2D eigenvalue weighted by atomic mass is 19.1. The summed E-state index contributed by atoms with van der Waals surface area (Å²) in [5.74, 6) is -2.07. The van der Waals surface area contributed by atoms with Gasteiger partial charge in [-0.05, 0) is 67.6 Å². The summed E-state index contributed by atoms with van der Waals surface area (Å²) in [6.07, 6.45) is 3.76. The maximum absolute atomic E-state index is 14.9. The van der Waals surface area contributed by atoms with Crippen molar-refractivity contribution in [2.45, 2.75) is 39.0 Å². The number of benzene rings is 2. The van der Waals surface area contributed by atoms with E-state index >= 15 is 0 Å². The SMILES string of the molecule is CCOC(=O)c1cccc(C(=O)N2CCC(c3ccc(NC(=O)C(C)Cc4ccccn4)cc3)CC2)c1F. The van der Waals surface area contributed by atoms with Gasteiger partial charge in [0, 0.05) is 43.0 Å². The molecule has 0 spiro atoms. The number of nitrogens with one attached hydrogen (secondary N) is 1. The van der Waals surface area contributed by atoms with E-state index < -0.39 is 17.7 Å². The summed E-state index contributed by atoms with van der Waals surface area (Å²) >= 11 is 0. The lowest BCUT2D eigenvalue weighted by Gasteiger charge is -2.32. The van der Waals surface area contributed by atoms with E-state index in [0.717, 1.165) is 29.8 Å². The Morgan fingerprint density at radius 1 is 1.03 bits per heavy atom. The van der Waals surface area contributed by atoms with Crippen LogP contribution < -0.4 is 5.32 Å². The number of carbonyl (C=O) groups excluding carboxylic acids is 3. The Labute approximate surface area is 222 Å². The van der Waals surface area contributed by atoms with Gasteiger partial charge in [-0.1, -0.05) is 31.2 Å². The summed E-state index contributed by atoms with van der Waals surface area (Å²) in [6.45, 7) is 4.62. The summed E-state index contributed by atoms with van der Waals surface area (Å²) in [5.41, 5.74) is 2.39. The molecule has 1 unspecified atom stereocenters. The summed E-state index contributed by atoms with van der Waals surface area (Å²) in [5, 5.41) is 2.97. The average molecular weight is 518 g/mol. The quantitative estimate of drug-likeness (QED) is 0.413. The Balaban J connectivity index is 1.31. The number of amides is 2. The van der Waals surface area contributed by atoms with Crippen molar-refractivity contribution in [3.8, 4) is 0 Å². The fourth-order valence-electron chi connectivity index (χ4n) is 4.68. The van der Waals surface area contributed by atoms with Crippen LogP contribution in [0, 0.1) is 11.7 Å². The van der Waals surface area contributed by atoms with Crippen molar-refractivity contribution in [3.05, 3.63) is 95.1 Å². The molecule has 2 heterocycles. The first-order chi connectivity index (χ1) is 18.4. The molecule has 0 saturated carbocycles. The lowest BCUT2D eigenvalue weighted by atomic mass is 9.89. The second kappa shape index (κ2) is 12.4. The van der Waals surface area contributed by atoms with Gasteiger partial charge in [0.25, 0.3) is 5.91 Å². The molecule has 0 aliphatic carbocycles. The fraction of sp³-hybridized carbons (Fsp3) is 0.333. The molecule has 3 aromatic rings. The minimum atomic E-state index is -0.843. The number of anilines is 1. The molecule has 2 aromatic carbocycles. The van der Waals surface area contributed by atoms with Gasteiger partial charge in [0.05, 0.1) is 17.7 Å². The molecule has 198 valence electrons. The van der Waals surface area contributed by atoms with Gasteiger partial charge in [-0.25, -0.2) is 9.18 Å². The molecule has 1 aliphatic heterocycles. The zero-order valence-corrected chi connectivity index (χ0v) is 21.7. The molecule has 0 bridgehead atoms. The van der Waals surface area contributed by atoms with E-state index in [0.29, 0.717) is 19.5 Å². The van der Waals surface area contributed by atoms with Crippen molar-refractivity contribution in [3.63, 3.8) is 0 Å². The highest BCUT2D eigenvalue weighted by Gasteiger charge is 2.28. The Morgan fingerprint density at radius 3 is 2.39 bits per heavy atom. The molecule has 1 N–H and O–H groups in total. The van der Waals surface area contributed by atoms with Crippen LogP contribution in [-0.2, 0) is 16.0 Å². The third-order valence-electron chi connectivity index (χ3n) is 6.85. The molecular formula is C30H32FN3O4. The van der Waals surface area contributed by atoms with Crippen LogP contribution in [0.2, 0.25) is 0 Å². The van der Waals surface area contributed by atoms with Gasteiger partial charge >= 0.3 is 5.97 Å². The van der Waals surface area contributed by atoms with Gasteiger partial charge in [-0.15, -0.1) is 0 Å². The topological polar surface area (TPSA) is 88.6 Å². The van der Waals surface area contributed by atoms with Crippen molar-refractivity contribution in [1.29, 1.82) is 0 Å². The standard InChI is InChI=1S/C30H32FN3O4/c1-3-38-30(37)26-9-6-8-25(27(26)31)29(36)34-17-14-22(15-18-34)21-10-12-23(13-11-21)33-28(35)20(2)19-24-7-4-5-16-32-24/h4-13,16,20,22H,3,14-15,17-19H2,1-2H3,(H,33,35). The van der Waals surface area contributed by atoms with Gasteiger partial charge in [0.1, 0.15) is 5.82 Å². The van der Waals surface area contributed by atoms with Crippen molar-refractivity contribution >= 4 is 23.5 Å². The number of nitrogens with zero attached hydrogens (tertiary/aromatic N) is 2. The molecule has 0 radical (unpaired) electrons. The number of piperidine rings is 1. The molecule has 1 atom stereocenters. The third kappa shape index (κ3) is 6.43.